The summed E-state index contributed by atoms with van der Waals surface area (Å²) in [6.07, 6.45) is 1.39. The minimum Gasteiger partial charge on any atom is -0.364 e. The van der Waals surface area contributed by atoms with Gasteiger partial charge in [-0.2, -0.15) is 4.31 Å². The monoisotopic (exact) mass is 448 g/mol. The van der Waals surface area contributed by atoms with E-state index in [0.29, 0.717) is 38.4 Å². The van der Waals surface area contributed by atoms with E-state index in [1.807, 2.05) is 13.0 Å². The first-order chi connectivity index (χ1) is 14.9. The highest BCUT2D eigenvalue weighted by atomic mass is 32.2. The Balaban J connectivity index is 1.64. The van der Waals surface area contributed by atoms with Gasteiger partial charge < -0.3 is 19.6 Å². The van der Waals surface area contributed by atoms with Crippen molar-refractivity contribution in [2.75, 3.05) is 46.8 Å². The number of rotatable bonds is 8. The molecule has 1 aromatic heterocycles. The molecule has 0 bridgehead atoms. The van der Waals surface area contributed by atoms with Gasteiger partial charge in [0.15, 0.2) is 5.96 Å². The number of hydrogen-bond acceptors (Lipinski definition) is 6. The third-order valence-corrected chi connectivity index (χ3v) is 6.90. The number of sulfonamides is 1. The molecule has 3 rings (SSSR count). The first kappa shape index (κ1) is 23.2. The third kappa shape index (κ3) is 6.52. The number of guanidine groups is 1. The minimum absolute atomic E-state index is 0.139. The topological polar surface area (TPSA) is 94.3 Å². The van der Waals surface area contributed by atoms with E-state index in [0.717, 1.165) is 19.0 Å². The first-order valence-corrected chi connectivity index (χ1v) is 12.1. The zero-order valence-electron chi connectivity index (χ0n) is 18.5. The predicted octanol–water partition coefficient (Wildman–Crippen LogP) is 1.35. The van der Waals surface area contributed by atoms with Gasteiger partial charge in [-0.1, -0.05) is 29.4 Å². The normalized spacial score (nSPS) is 16.1. The maximum absolute atomic E-state index is 12.7. The van der Waals surface area contributed by atoms with Crippen molar-refractivity contribution >= 4 is 16.0 Å². The van der Waals surface area contributed by atoms with Gasteiger partial charge in [-0.05, 0) is 32.1 Å². The van der Waals surface area contributed by atoms with Gasteiger partial charge in [-0.3, -0.25) is 0 Å². The van der Waals surface area contributed by atoms with Crippen LogP contribution < -0.4 is 5.32 Å². The Morgan fingerprint density at radius 2 is 1.87 bits per heavy atom. The van der Waals surface area contributed by atoms with E-state index in [1.165, 1.54) is 21.7 Å². The molecule has 0 unspecified atom stereocenters. The fourth-order valence-corrected chi connectivity index (χ4v) is 4.99. The molecular formula is C21H32N6O3S. The summed E-state index contributed by atoms with van der Waals surface area (Å²) in [5, 5.41) is 7.07. The predicted molar refractivity (Wildman–Crippen MR) is 121 cm³/mol. The third-order valence-electron chi connectivity index (χ3n) is 5.09. The average molecular weight is 449 g/mol. The van der Waals surface area contributed by atoms with Crippen LogP contribution in [-0.4, -0.2) is 80.5 Å². The van der Waals surface area contributed by atoms with Crippen molar-refractivity contribution in [3.05, 3.63) is 53.4 Å². The Hall–Kier alpha value is -2.43. The van der Waals surface area contributed by atoms with Crippen LogP contribution >= 0.6 is 0 Å². The summed E-state index contributed by atoms with van der Waals surface area (Å²) in [6, 6.07) is 9.92. The Bertz CT molecular complexity index is 951. The molecule has 1 aromatic carbocycles. The number of aromatic nitrogens is 1. The van der Waals surface area contributed by atoms with Gasteiger partial charge in [0.05, 0.1) is 12.2 Å². The molecule has 1 saturated heterocycles. The average Bonchev–Trinajstić information content (AvgIpc) is 3.24. The molecule has 1 fully saturated rings. The van der Waals surface area contributed by atoms with Gasteiger partial charge >= 0.3 is 0 Å². The zero-order valence-corrected chi connectivity index (χ0v) is 19.3. The maximum Gasteiger partial charge on any atom is 0.220 e. The SMILES string of the molecule is CCNC(=NCc1ccccc1CN(C)C)N1CCN(S(=O)(=O)Cc2ccon2)CC1. The second kappa shape index (κ2) is 10.7. The Morgan fingerprint density at radius 1 is 1.16 bits per heavy atom. The lowest BCUT2D eigenvalue weighted by atomic mass is 10.1. The molecule has 0 aliphatic carbocycles. The van der Waals surface area contributed by atoms with Crippen LogP contribution in [0.15, 0.2) is 46.1 Å². The van der Waals surface area contributed by atoms with Crippen molar-refractivity contribution in [2.24, 2.45) is 4.99 Å². The number of benzene rings is 1. The van der Waals surface area contributed by atoms with E-state index >= 15 is 0 Å². The lowest BCUT2D eigenvalue weighted by molar-refractivity contribution is 0.259. The van der Waals surface area contributed by atoms with Gasteiger partial charge in [0, 0.05) is 45.3 Å². The molecule has 1 N–H and O–H groups in total. The number of hydrogen-bond donors (Lipinski definition) is 1. The molecule has 0 atom stereocenters. The molecule has 2 aromatic rings. The first-order valence-electron chi connectivity index (χ1n) is 10.5. The summed E-state index contributed by atoms with van der Waals surface area (Å²) in [7, 11) is 0.691. The molecule has 170 valence electrons. The van der Waals surface area contributed by atoms with Crippen LogP contribution in [0.2, 0.25) is 0 Å². The van der Waals surface area contributed by atoms with Gasteiger partial charge in [0.2, 0.25) is 10.0 Å². The van der Waals surface area contributed by atoms with Crippen molar-refractivity contribution in [2.45, 2.75) is 25.8 Å². The largest absolute Gasteiger partial charge is 0.364 e. The second-order valence-corrected chi connectivity index (χ2v) is 9.78. The molecule has 0 amide bonds. The molecule has 0 spiro atoms. The Labute approximate surface area is 184 Å². The molecule has 1 aliphatic rings. The second-order valence-electron chi connectivity index (χ2n) is 7.81. The molecular weight excluding hydrogens is 416 g/mol. The van der Waals surface area contributed by atoms with Crippen molar-refractivity contribution in [3.8, 4) is 0 Å². The standard InChI is InChI=1S/C21H32N6O3S/c1-4-22-21(23-15-18-7-5-6-8-19(18)16-25(2)3)26-10-12-27(13-11-26)31(28,29)17-20-9-14-30-24-20/h5-9,14H,4,10-13,15-17H2,1-3H3,(H,22,23). The van der Waals surface area contributed by atoms with E-state index < -0.39 is 10.0 Å². The quantitative estimate of drug-likeness (QED) is 0.481. The van der Waals surface area contributed by atoms with Crippen LogP contribution in [0.4, 0.5) is 0 Å². The van der Waals surface area contributed by atoms with E-state index in [9.17, 15) is 8.42 Å². The summed E-state index contributed by atoms with van der Waals surface area (Å²) in [4.78, 5) is 9.12. The molecule has 2 heterocycles. The highest BCUT2D eigenvalue weighted by Crippen LogP contribution is 2.15. The molecule has 10 heteroatoms. The summed E-state index contributed by atoms with van der Waals surface area (Å²) in [6.45, 7) is 6.24. The molecule has 9 nitrogen and oxygen atoms in total. The van der Waals surface area contributed by atoms with Crippen LogP contribution in [0, 0.1) is 0 Å². The van der Waals surface area contributed by atoms with Crippen LogP contribution in [0.25, 0.3) is 0 Å². The zero-order chi connectivity index (χ0) is 22.3. The lowest BCUT2D eigenvalue weighted by Crippen LogP contribution is -2.53. The fraction of sp³-hybridized carbons (Fsp3) is 0.524. The summed E-state index contributed by atoms with van der Waals surface area (Å²) in [5.74, 6) is 0.677. The smallest absolute Gasteiger partial charge is 0.220 e. The lowest BCUT2D eigenvalue weighted by Gasteiger charge is -2.35. The Morgan fingerprint density at radius 3 is 2.48 bits per heavy atom. The summed E-state index contributed by atoms with van der Waals surface area (Å²) in [5.41, 5.74) is 2.88. The number of aliphatic imine (C=N–C) groups is 1. The maximum atomic E-state index is 12.7. The summed E-state index contributed by atoms with van der Waals surface area (Å²) >= 11 is 0. The highest BCUT2D eigenvalue weighted by Gasteiger charge is 2.29. The fourth-order valence-electron chi connectivity index (χ4n) is 3.56. The van der Waals surface area contributed by atoms with E-state index in [4.69, 9.17) is 9.52 Å². The van der Waals surface area contributed by atoms with Crippen LogP contribution in [-0.2, 0) is 28.9 Å². The highest BCUT2D eigenvalue weighted by molar-refractivity contribution is 7.88. The Kier molecular flexibility index (Phi) is 8.05. The molecule has 0 saturated carbocycles. The van der Waals surface area contributed by atoms with Crippen LogP contribution in [0.3, 0.4) is 0 Å². The summed E-state index contributed by atoms with van der Waals surface area (Å²) < 4.78 is 31.6. The number of nitrogens with one attached hydrogen (secondary N) is 1. The van der Waals surface area contributed by atoms with Gasteiger partial charge in [0.25, 0.3) is 0 Å². The van der Waals surface area contributed by atoms with Gasteiger partial charge in [-0.15, -0.1) is 0 Å². The van der Waals surface area contributed by atoms with Crippen molar-refractivity contribution in [1.82, 2.24) is 24.6 Å². The molecule has 0 radical (unpaired) electrons. The molecule has 1 aliphatic heterocycles. The van der Waals surface area contributed by atoms with Gasteiger partial charge in [0.1, 0.15) is 12.0 Å². The van der Waals surface area contributed by atoms with E-state index in [-0.39, 0.29) is 5.75 Å². The van der Waals surface area contributed by atoms with Crippen LogP contribution in [0.5, 0.6) is 0 Å². The van der Waals surface area contributed by atoms with Crippen molar-refractivity contribution in [1.29, 1.82) is 0 Å². The van der Waals surface area contributed by atoms with E-state index in [2.05, 4.69) is 52.6 Å². The number of nitrogens with zero attached hydrogens (tertiary/aromatic N) is 5. The van der Waals surface area contributed by atoms with Gasteiger partial charge in [-0.25, -0.2) is 13.4 Å². The van der Waals surface area contributed by atoms with Crippen molar-refractivity contribution in [3.63, 3.8) is 0 Å². The minimum atomic E-state index is -3.42. The molecule has 31 heavy (non-hydrogen) atoms. The van der Waals surface area contributed by atoms with Crippen LogP contribution in [0.1, 0.15) is 23.7 Å². The van der Waals surface area contributed by atoms with E-state index in [1.54, 1.807) is 6.07 Å². The van der Waals surface area contributed by atoms with Crippen molar-refractivity contribution < 1.29 is 12.9 Å². The number of piperazine rings is 1.